The molecule has 0 fully saturated rings. The van der Waals surface area contributed by atoms with Gasteiger partial charge >= 0.3 is 0 Å². The molecule has 1 heterocycles. The molecule has 3 aromatic rings. The van der Waals surface area contributed by atoms with Crippen molar-refractivity contribution >= 4 is 22.4 Å². The van der Waals surface area contributed by atoms with Crippen LogP contribution in [0.5, 0.6) is 5.75 Å². The van der Waals surface area contributed by atoms with Crippen molar-refractivity contribution in [2.24, 2.45) is 5.92 Å². The van der Waals surface area contributed by atoms with Crippen LogP contribution in [0.1, 0.15) is 37.2 Å². The topological polar surface area (TPSA) is 21.3 Å². The average Bonchev–Trinajstić information content (AvgIpc) is 2.60. The van der Waals surface area contributed by atoms with Crippen LogP contribution in [0.4, 0.5) is 0 Å². The van der Waals surface area contributed by atoms with Crippen LogP contribution in [-0.2, 0) is 0 Å². The van der Waals surface area contributed by atoms with Gasteiger partial charge in [0.05, 0.1) is 0 Å². The number of rotatable bonds is 2. The van der Waals surface area contributed by atoms with Gasteiger partial charge in [-0.05, 0) is 34.9 Å². The van der Waals surface area contributed by atoms with Gasteiger partial charge in [0.1, 0.15) is 5.75 Å². The van der Waals surface area contributed by atoms with E-state index in [-0.39, 0.29) is 12.3 Å². The molecular formula is C21H20ClNO. The fraction of sp³-hybridized carbons (Fsp3) is 0.238. The summed E-state index contributed by atoms with van der Waals surface area (Å²) >= 11 is 6.16. The highest BCUT2D eigenvalue weighted by atomic mass is 35.5. The first kappa shape index (κ1) is 15.5. The van der Waals surface area contributed by atoms with Crippen LogP contribution in [-0.4, -0.2) is 0 Å². The van der Waals surface area contributed by atoms with Gasteiger partial charge in [0.15, 0.2) is 6.23 Å². The molecule has 122 valence electrons. The maximum absolute atomic E-state index is 6.29. The van der Waals surface area contributed by atoms with Crippen LogP contribution >= 0.6 is 11.6 Å². The van der Waals surface area contributed by atoms with E-state index in [1.807, 2.05) is 24.3 Å². The molecule has 0 bridgehead atoms. The number of halogens is 1. The highest BCUT2D eigenvalue weighted by molar-refractivity contribution is 6.30. The minimum atomic E-state index is -0.190. The Kier molecular flexibility index (Phi) is 3.95. The van der Waals surface area contributed by atoms with Crippen molar-refractivity contribution < 1.29 is 4.74 Å². The average molecular weight is 338 g/mol. The lowest BCUT2D eigenvalue weighted by Gasteiger charge is -2.36. The molecule has 1 aliphatic rings. The number of fused-ring (bicyclic) bond motifs is 3. The van der Waals surface area contributed by atoms with Crippen molar-refractivity contribution in [2.45, 2.75) is 26.1 Å². The summed E-state index contributed by atoms with van der Waals surface area (Å²) in [6.45, 7) is 4.48. The molecule has 2 atom stereocenters. The smallest absolute Gasteiger partial charge is 0.177 e. The highest BCUT2D eigenvalue weighted by Crippen LogP contribution is 2.42. The number of nitrogens with one attached hydrogen (secondary N) is 1. The first-order valence-electron chi connectivity index (χ1n) is 8.33. The molecular weight excluding hydrogens is 318 g/mol. The van der Waals surface area contributed by atoms with Crippen LogP contribution in [0.2, 0.25) is 5.02 Å². The Balaban J connectivity index is 1.84. The molecule has 24 heavy (non-hydrogen) atoms. The molecule has 3 aromatic carbocycles. The van der Waals surface area contributed by atoms with E-state index in [4.69, 9.17) is 16.3 Å². The van der Waals surface area contributed by atoms with Gasteiger partial charge < -0.3 is 4.74 Å². The second-order valence-electron chi connectivity index (χ2n) is 6.64. The Labute approximate surface area is 147 Å². The van der Waals surface area contributed by atoms with Gasteiger partial charge in [0, 0.05) is 22.2 Å². The summed E-state index contributed by atoms with van der Waals surface area (Å²) in [7, 11) is 0. The monoisotopic (exact) mass is 337 g/mol. The predicted molar refractivity (Wildman–Crippen MR) is 99.5 cm³/mol. The molecule has 0 aliphatic carbocycles. The second kappa shape index (κ2) is 6.12. The van der Waals surface area contributed by atoms with E-state index in [9.17, 15) is 0 Å². The number of ether oxygens (including phenoxy) is 1. The zero-order chi connectivity index (χ0) is 16.7. The zero-order valence-electron chi connectivity index (χ0n) is 13.8. The summed E-state index contributed by atoms with van der Waals surface area (Å²) in [5.74, 6) is 1.40. The summed E-state index contributed by atoms with van der Waals surface area (Å²) < 4.78 is 6.29. The van der Waals surface area contributed by atoms with E-state index in [0.29, 0.717) is 5.92 Å². The SMILES string of the molecule is CC(C)[C@H]1N[C@@H](c2cccc(Cl)c2)Oc2ccc3ccccc3c21. The lowest BCUT2D eigenvalue weighted by atomic mass is 9.89. The Morgan fingerprint density at radius 1 is 1.00 bits per heavy atom. The minimum Gasteiger partial charge on any atom is -0.471 e. The molecule has 0 saturated carbocycles. The zero-order valence-corrected chi connectivity index (χ0v) is 14.5. The predicted octanol–water partition coefficient (Wildman–Crippen LogP) is 5.87. The first-order chi connectivity index (χ1) is 11.6. The van der Waals surface area contributed by atoms with Crippen molar-refractivity contribution in [3.63, 3.8) is 0 Å². The fourth-order valence-electron chi connectivity index (χ4n) is 3.47. The van der Waals surface area contributed by atoms with Gasteiger partial charge in [-0.1, -0.05) is 67.9 Å². The van der Waals surface area contributed by atoms with Gasteiger partial charge in [-0.2, -0.15) is 0 Å². The maximum atomic E-state index is 6.29. The largest absolute Gasteiger partial charge is 0.471 e. The van der Waals surface area contributed by atoms with Crippen LogP contribution in [0.25, 0.3) is 10.8 Å². The maximum Gasteiger partial charge on any atom is 0.177 e. The summed E-state index contributed by atoms with van der Waals surface area (Å²) in [6, 6.07) is 20.8. The number of benzene rings is 3. The van der Waals surface area contributed by atoms with Crippen molar-refractivity contribution in [3.05, 3.63) is 76.8 Å². The summed E-state index contributed by atoms with van der Waals surface area (Å²) in [5.41, 5.74) is 2.30. The van der Waals surface area contributed by atoms with Crippen LogP contribution < -0.4 is 10.1 Å². The summed E-state index contributed by atoms with van der Waals surface area (Å²) in [4.78, 5) is 0. The third kappa shape index (κ3) is 2.66. The minimum absolute atomic E-state index is 0.190. The number of hydrogen-bond acceptors (Lipinski definition) is 2. The Bertz CT molecular complexity index is 890. The first-order valence-corrected chi connectivity index (χ1v) is 8.71. The van der Waals surface area contributed by atoms with Crippen molar-refractivity contribution in [3.8, 4) is 5.75 Å². The quantitative estimate of drug-likeness (QED) is 0.631. The van der Waals surface area contributed by atoms with Crippen LogP contribution in [0, 0.1) is 5.92 Å². The molecule has 2 nitrogen and oxygen atoms in total. The van der Waals surface area contributed by atoms with Gasteiger partial charge in [0.25, 0.3) is 0 Å². The Hall–Kier alpha value is -2.03. The fourth-order valence-corrected chi connectivity index (χ4v) is 3.67. The molecule has 0 spiro atoms. The van der Waals surface area contributed by atoms with E-state index in [2.05, 4.69) is 55.6 Å². The van der Waals surface area contributed by atoms with Gasteiger partial charge in [-0.3, -0.25) is 5.32 Å². The van der Waals surface area contributed by atoms with Gasteiger partial charge in [0.2, 0.25) is 0 Å². The second-order valence-corrected chi connectivity index (χ2v) is 7.08. The van der Waals surface area contributed by atoms with E-state index >= 15 is 0 Å². The molecule has 0 radical (unpaired) electrons. The lowest BCUT2D eigenvalue weighted by molar-refractivity contribution is 0.111. The summed E-state index contributed by atoms with van der Waals surface area (Å²) in [5, 5.41) is 6.89. The third-order valence-corrected chi connectivity index (χ3v) is 4.87. The molecule has 0 aromatic heterocycles. The lowest BCUT2D eigenvalue weighted by Crippen LogP contribution is -2.37. The van der Waals surface area contributed by atoms with Crippen molar-refractivity contribution in [1.82, 2.24) is 5.32 Å². The van der Waals surface area contributed by atoms with E-state index in [1.54, 1.807) is 0 Å². The van der Waals surface area contributed by atoms with Gasteiger partial charge in [-0.15, -0.1) is 0 Å². The molecule has 0 amide bonds. The Morgan fingerprint density at radius 3 is 2.62 bits per heavy atom. The normalized spacial score (nSPS) is 20.0. The van der Waals surface area contributed by atoms with Crippen molar-refractivity contribution in [2.75, 3.05) is 0 Å². The molecule has 1 N–H and O–H groups in total. The highest BCUT2D eigenvalue weighted by Gasteiger charge is 2.31. The standard InChI is InChI=1S/C21H20ClNO/c1-13(2)20-19-17-9-4-3-6-14(17)10-11-18(19)24-21(23-20)15-7-5-8-16(22)12-15/h3-13,20-21,23H,1-2H3/t20-,21-/m1/s1. The van der Waals surface area contributed by atoms with E-state index in [0.717, 1.165) is 16.3 Å². The molecule has 3 heteroatoms. The van der Waals surface area contributed by atoms with Crippen LogP contribution in [0.3, 0.4) is 0 Å². The third-order valence-electron chi connectivity index (χ3n) is 4.64. The Morgan fingerprint density at radius 2 is 1.83 bits per heavy atom. The van der Waals surface area contributed by atoms with E-state index < -0.39 is 0 Å². The molecule has 0 unspecified atom stereocenters. The summed E-state index contributed by atoms with van der Waals surface area (Å²) in [6.07, 6.45) is -0.190. The molecule has 0 saturated heterocycles. The molecule has 4 rings (SSSR count). The van der Waals surface area contributed by atoms with Gasteiger partial charge in [-0.25, -0.2) is 0 Å². The van der Waals surface area contributed by atoms with Crippen molar-refractivity contribution in [1.29, 1.82) is 0 Å². The number of hydrogen-bond donors (Lipinski definition) is 1. The van der Waals surface area contributed by atoms with E-state index in [1.165, 1.54) is 16.3 Å². The van der Waals surface area contributed by atoms with Crippen LogP contribution in [0.15, 0.2) is 60.7 Å². The molecule has 1 aliphatic heterocycles.